The summed E-state index contributed by atoms with van der Waals surface area (Å²) in [6.45, 7) is 3.94. The maximum atomic E-state index is 11.8. The van der Waals surface area contributed by atoms with Gasteiger partial charge in [0, 0.05) is 32.2 Å². The first kappa shape index (κ1) is 11.8. The Balaban J connectivity index is 1.87. The molecule has 1 aliphatic heterocycles. The fourth-order valence-electron chi connectivity index (χ4n) is 3.12. The molecule has 0 aromatic carbocycles. The molecule has 0 radical (unpaired) electrons. The number of pyridine rings is 1. The molecular weight excluding hydrogens is 226 g/mol. The second kappa shape index (κ2) is 5.14. The van der Waals surface area contributed by atoms with Gasteiger partial charge in [-0.2, -0.15) is 0 Å². The summed E-state index contributed by atoms with van der Waals surface area (Å²) in [5.41, 5.74) is 1.29. The Morgan fingerprint density at radius 3 is 2.56 bits per heavy atom. The van der Waals surface area contributed by atoms with E-state index in [0.717, 1.165) is 32.0 Å². The third-order valence-electron chi connectivity index (χ3n) is 4.14. The monoisotopic (exact) mass is 247 g/mol. The van der Waals surface area contributed by atoms with Crippen molar-refractivity contribution in [2.75, 3.05) is 31.1 Å². The van der Waals surface area contributed by atoms with Crippen molar-refractivity contribution < 1.29 is 0 Å². The Kier molecular flexibility index (Phi) is 3.37. The van der Waals surface area contributed by atoms with Crippen LogP contribution < -0.4 is 15.8 Å². The number of H-pyrrole nitrogens is 1. The molecule has 2 aliphatic rings. The molecule has 0 atom stereocenters. The lowest BCUT2D eigenvalue weighted by Crippen LogP contribution is -2.44. The minimum absolute atomic E-state index is 0.0490. The minimum atomic E-state index is 0.0490. The van der Waals surface area contributed by atoms with Gasteiger partial charge in [-0.25, -0.2) is 0 Å². The smallest absolute Gasteiger partial charge is 0.249 e. The van der Waals surface area contributed by atoms with E-state index in [0.29, 0.717) is 5.92 Å². The molecule has 2 N–H and O–H groups in total. The van der Waals surface area contributed by atoms with Crippen LogP contribution in [0.3, 0.4) is 0 Å². The van der Waals surface area contributed by atoms with Crippen LogP contribution in [-0.4, -0.2) is 31.2 Å². The van der Waals surface area contributed by atoms with E-state index in [2.05, 4.69) is 21.3 Å². The molecule has 0 unspecified atom stereocenters. The number of nitrogens with zero attached hydrogens (tertiary/aromatic N) is 1. The molecule has 18 heavy (non-hydrogen) atoms. The van der Waals surface area contributed by atoms with Crippen molar-refractivity contribution >= 4 is 5.82 Å². The molecule has 1 aromatic rings. The van der Waals surface area contributed by atoms with E-state index >= 15 is 0 Å². The van der Waals surface area contributed by atoms with Crippen LogP contribution >= 0.6 is 0 Å². The number of aromatic amines is 1. The summed E-state index contributed by atoms with van der Waals surface area (Å²) in [4.78, 5) is 17.1. The van der Waals surface area contributed by atoms with E-state index in [1.54, 1.807) is 6.07 Å². The zero-order valence-electron chi connectivity index (χ0n) is 10.7. The molecule has 1 aliphatic carbocycles. The molecule has 0 amide bonds. The van der Waals surface area contributed by atoms with Gasteiger partial charge in [-0.1, -0.05) is 12.8 Å². The first-order chi connectivity index (χ1) is 8.83. The lowest BCUT2D eigenvalue weighted by atomic mass is 9.98. The molecule has 1 saturated carbocycles. The van der Waals surface area contributed by atoms with Crippen molar-refractivity contribution in [2.24, 2.45) is 0 Å². The summed E-state index contributed by atoms with van der Waals surface area (Å²) in [5.74, 6) is 1.61. The fraction of sp³-hybridized carbons (Fsp3) is 0.643. The second-order valence-electron chi connectivity index (χ2n) is 5.38. The van der Waals surface area contributed by atoms with Crippen LogP contribution in [0.25, 0.3) is 0 Å². The number of hydrogen-bond acceptors (Lipinski definition) is 3. The highest BCUT2D eigenvalue weighted by Gasteiger charge is 2.19. The molecule has 3 rings (SSSR count). The Morgan fingerprint density at radius 1 is 1.11 bits per heavy atom. The van der Waals surface area contributed by atoms with Crippen LogP contribution in [0, 0.1) is 0 Å². The highest BCUT2D eigenvalue weighted by molar-refractivity contribution is 5.42. The van der Waals surface area contributed by atoms with Crippen molar-refractivity contribution in [2.45, 2.75) is 31.6 Å². The van der Waals surface area contributed by atoms with Gasteiger partial charge in [0.2, 0.25) is 5.56 Å². The lowest BCUT2D eigenvalue weighted by molar-refractivity contribution is 0.583. The van der Waals surface area contributed by atoms with Gasteiger partial charge in [-0.15, -0.1) is 0 Å². The van der Waals surface area contributed by atoms with Gasteiger partial charge in [0.15, 0.2) is 0 Å². The Hall–Kier alpha value is -1.29. The van der Waals surface area contributed by atoms with Crippen LogP contribution in [0.15, 0.2) is 16.9 Å². The van der Waals surface area contributed by atoms with Crippen molar-refractivity contribution in [3.05, 3.63) is 28.0 Å². The third-order valence-corrected chi connectivity index (χ3v) is 4.14. The van der Waals surface area contributed by atoms with E-state index < -0.39 is 0 Å². The number of anilines is 1. The maximum Gasteiger partial charge on any atom is 0.249 e. The molecule has 2 heterocycles. The van der Waals surface area contributed by atoms with Crippen LogP contribution in [0.5, 0.6) is 0 Å². The lowest BCUT2D eigenvalue weighted by Gasteiger charge is -2.29. The summed E-state index contributed by atoms with van der Waals surface area (Å²) in [6, 6.07) is 3.99. The molecule has 0 spiro atoms. The highest BCUT2D eigenvalue weighted by Crippen LogP contribution is 2.34. The zero-order chi connectivity index (χ0) is 12.4. The molecule has 4 heteroatoms. The summed E-state index contributed by atoms with van der Waals surface area (Å²) in [6.07, 6.45) is 5.09. The van der Waals surface area contributed by atoms with Crippen molar-refractivity contribution in [1.29, 1.82) is 0 Å². The van der Waals surface area contributed by atoms with E-state index in [1.165, 1.54) is 31.2 Å². The standard InChI is InChI=1S/C14H21N3O/c18-14-10-12(11-3-1-2-4-11)9-13(16-14)17-7-5-15-6-8-17/h9-11,15H,1-8H2,(H,16,18). The van der Waals surface area contributed by atoms with E-state index in [9.17, 15) is 4.79 Å². The fourth-order valence-corrected chi connectivity index (χ4v) is 3.12. The molecule has 1 aromatic heterocycles. The number of rotatable bonds is 2. The summed E-state index contributed by atoms with van der Waals surface area (Å²) < 4.78 is 0. The van der Waals surface area contributed by atoms with Crippen LogP contribution in [-0.2, 0) is 0 Å². The molecule has 1 saturated heterocycles. The van der Waals surface area contributed by atoms with Crippen LogP contribution in [0.4, 0.5) is 5.82 Å². The largest absolute Gasteiger partial charge is 0.356 e. The normalized spacial score (nSPS) is 21.4. The molecule has 2 fully saturated rings. The number of nitrogens with one attached hydrogen (secondary N) is 2. The van der Waals surface area contributed by atoms with Crippen molar-refractivity contribution in [1.82, 2.24) is 10.3 Å². The number of aromatic nitrogens is 1. The van der Waals surface area contributed by atoms with Crippen molar-refractivity contribution in [3.63, 3.8) is 0 Å². The summed E-state index contributed by atoms with van der Waals surface area (Å²) in [5, 5.41) is 3.34. The maximum absolute atomic E-state index is 11.8. The second-order valence-corrected chi connectivity index (χ2v) is 5.38. The number of hydrogen-bond donors (Lipinski definition) is 2. The van der Waals surface area contributed by atoms with Gasteiger partial charge in [0.1, 0.15) is 5.82 Å². The average Bonchev–Trinajstić information content (AvgIpc) is 2.93. The van der Waals surface area contributed by atoms with Gasteiger partial charge in [0.25, 0.3) is 0 Å². The first-order valence-electron chi connectivity index (χ1n) is 7.03. The molecule has 0 bridgehead atoms. The zero-order valence-corrected chi connectivity index (χ0v) is 10.7. The molecule has 98 valence electrons. The quantitative estimate of drug-likeness (QED) is 0.831. The Morgan fingerprint density at radius 2 is 1.83 bits per heavy atom. The van der Waals surface area contributed by atoms with Crippen LogP contribution in [0.1, 0.15) is 37.2 Å². The summed E-state index contributed by atoms with van der Waals surface area (Å²) >= 11 is 0. The van der Waals surface area contributed by atoms with Crippen LogP contribution in [0.2, 0.25) is 0 Å². The molecular formula is C14H21N3O. The first-order valence-corrected chi connectivity index (χ1v) is 7.03. The van der Waals surface area contributed by atoms with Gasteiger partial charge >= 0.3 is 0 Å². The molecule has 4 nitrogen and oxygen atoms in total. The SMILES string of the molecule is O=c1cc(C2CCCC2)cc(N2CCNCC2)[nH]1. The Labute approximate surface area is 107 Å². The topological polar surface area (TPSA) is 48.1 Å². The highest BCUT2D eigenvalue weighted by atomic mass is 16.1. The summed E-state index contributed by atoms with van der Waals surface area (Å²) in [7, 11) is 0. The van der Waals surface area contributed by atoms with Gasteiger partial charge < -0.3 is 15.2 Å². The van der Waals surface area contributed by atoms with Crippen molar-refractivity contribution in [3.8, 4) is 0 Å². The number of piperazine rings is 1. The van der Waals surface area contributed by atoms with Gasteiger partial charge in [-0.05, 0) is 30.4 Å². The predicted molar refractivity (Wildman–Crippen MR) is 73.4 cm³/mol. The predicted octanol–water partition coefficient (Wildman–Crippen LogP) is 1.44. The third kappa shape index (κ3) is 2.43. The van der Waals surface area contributed by atoms with E-state index in [4.69, 9.17) is 0 Å². The van der Waals surface area contributed by atoms with E-state index in [-0.39, 0.29) is 5.56 Å². The van der Waals surface area contributed by atoms with Gasteiger partial charge in [-0.3, -0.25) is 4.79 Å². The van der Waals surface area contributed by atoms with E-state index in [1.807, 2.05) is 0 Å². The minimum Gasteiger partial charge on any atom is -0.356 e. The van der Waals surface area contributed by atoms with Gasteiger partial charge in [0.05, 0.1) is 0 Å². The Bertz CT molecular complexity index is 456. The average molecular weight is 247 g/mol.